The second-order valence-corrected chi connectivity index (χ2v) is 5.99. The number of aromatic nitrogens is 2. The molecule has 108 valence electrons. The molecule has 0 bridgehead atoms. The molecule has 1 heterocycles. The van der Waals surface area contributed by atoms with E-state index >= 15 is 0 Å². The highest BCUT2D eigenvalue weighted by Gasteiger charge is 2.22. The minimum atomic E-state index is -3.81. The number of hydrogen-bond acceptors (Lipinski definition) is 7. The molecule has 3 N–H and O–H groups in total. The summed E-state index contributed by atoms with van der Waals surface area (Å²) in [5.41, 5.74) is 2.95. The van der Waals surface area contributed by atoms with E-state index in [-0.39, 0.29) is 10.8 Å². The number of nitriles is 1. The van der Waals surface area contributed by atoms with Crippen molar-refractivity contribution in [3.63, 3.8) is 0 Å². The second kappa shape index (κ2) is 5.74. The summed E-state index contributed by atoms with van der Waals surface area (Å²) in [6.07, 6.45) is 2.31. The highest BCUT2D eigenvalue weighted by molar-refractivity contribution is 7.92. The fourth-order valence-corrected chi connectivity index (χ4v) is 2.67. The van der Waals surface area contributed by atoms with Gasteiger partial charge in [-0.2, -0.15) is 5.26 Å². The molecule has 9 heteroatoms. The molecule has 2 rings (SSSR count). The van der Waals surface area contributed by atoms with Crippen molar-refractivity contribution in [1.29, 1.82) is 5.26 Å². The van der Waals surface area contributed by atoms with Gasteiger partial charge in [-0.1, -0.05) is 6.07 Å². The Kier molecular flexibility index (Phi) is 4.02. The van der Waals surface area contributed by atoms with E-state index in [0.29, 0.717) is 11.3 Å². The summed E-state index contributed by atoms with van der Waals surface area (Å²) in [4.78, 5) is 7.46. The highest BCUT2D eigenvalue weighted by Crippen LogP contribution is 2.22. The number of benzene rings is 1. The quantitative estimate of drug-likeness (QED) is 0.620. The Balaban J connectivity index is 2.39. The van der Waals surface area contributed by atoms with Crippen LogP contribution >= 0.6 is 0 Å². The summed E-state index contributed by atoms with van der Waals surface area (Å²) in [6.45, 7) is 0. The van der Waals surface area contributed by atoms with Crippen molar-refractivity contribution >= 4 is 21.7 Å². The maximum Gasteiger partial charge on any atom is 0.267 e. The van der Waals surface area contributed by atoms with Gasteiger partial charge in [0.15, 0.2) is 0 Å². The van der Waals surface area contributed by atoms with Crippen LogP contribution in [-0.4, -0.2) is 25.4 Å². The smallest absolute Gasteiger partial charge is 0.267 e. The summed E-state index contributed by atoms with van der Waals surface area (Å²) in [7, 11) is -2.42. The lowest BCUT2D eigenvalue weighted by atomic mass is 10.2. The molecule has 2 aromatic rings. The van der Waals surface area contributed by atoms with E-state index in [4.69, 9.17) is 11.1 Å². The molecule has 8 nitrogen and oxygen atoms in total. The van der Waals surface area contributed by atoms with E-state index in [0.717, 1.165) is 16.7 Å². The monoisotopic (exact) mass is 304 g/mol. The Morgan fingerprint density at radius 2 is 2.00 bits per heavy atom. The number of hydrazine groups is 1. The van der Waals surface area contributed by atoms with E-state index in [2.05, 4.69) is 15.4 Å². The zero-order valence-corrected chi connectivity index (χ0v) is 11.9. The highest BCUT2D eigenvalue weighted by atomic mass is 32.2. The lowest BCUT2D eigenvalue weighted by Crippen LogP contribution is -2.27. The molecule has 1 aromatic carbocycles. The van der Waals surface area contributed by atoms with Crippen molar-refractivity contribution in [3.05, 3.63) is 42.2 Å². The molecule has 0 aliphatic carbocycles. The molecule has 21 heavy (non-hydrogen) atoms. The predicted octanol–water partition coefficient (Wildman–Crippen LogP) is 0.459. The fourth-order valence-electron chi connectivity index (χ4n) is 1.59. The van der Waals surface area contributed by atoms with Gasteiger partial charge in [0.1, 0.15) is 4.90 Å². The van der Waals surface area contributed by atoms with Crippen LogP contribution in [0.25, 0.3) is 0 Å². The maximum atomic E-state index is 12.4. The van der Waals surface area contributed by atoms with Crippen LogP contribution in [0.15, 0.2) is 41.6 Å². The maximum absolute atomic E-state index is 12.4. The molecular formula is C12H12N6O2S. The number of nitrogens with zero attached hydrogens (tertiary/aromatic N) is 4. The summed E-state index contributed by atoms with van der Waals surface area (Å²) in [5, 5.41) is 8.86. The van der Waals surface area contributed by atoms with Gasteiger partial charge in [-0.25, -0.2) is 24.2 Å². The fraction of sp³-hybridized carbons (Fsp3) is 0.0833. The third-order valence-corrected chi connectivity index (χ3v) is 4.49. The molecule has 0 amide bonds. The Labute approximate surface area is 121 Å². The zero-order valence-electron chi connectivity index (χ0n) is 11.1. The van der Waals surface area contributed by atoms with Gasteiger partial charge in [0.05, 0.1) is 29.7 Å². The van der Waals surface area contributed by atoms with Crippen molar-refractivity contribution in [1.82, 2.24) is 9.97 Å². The lowest BCUT2D eigenvalue weighted by Gasteiger charge is -2.19. The van der Waals surface area contributed by atoms with Crippen molar-refractivity contribution in [2.75, 3.05) is 16.8 Å². The van der Waals surface area contributed by atoms with Gasteiger partial charge in [0.2, 0.25) is 5.95 Å². The van der Waals surface area contributed by atoms with Crippen molar-refractivity contribution < 1.29 is 8.42 Å². The molecular weight excluding hydrogens is 292 g/mol. The van der Waals surface area contributed by atoms with Crippen LogP contribution < -0.4 is 15.6 Å². The van der Waals surface area contributed by atoms with Gasteiger partial charge in [0, 0.05) is 7.05 Å². The number of sulfonamides is 1. The molecule has 0 saturated carbocycles. The van der Waals surface area contributed by atoms with Gasteiger partial charge in [-0.15, -0.1) is 0 Å². The Morgan fingerprint density at radius 1 is 1.33 bits per heavy atom. The standard InChI is InChI=1S/C12H12N6O2S/c1-18(10-4-2-3-9(5-10)6-13)21(19,20)11-7-15-12(17-14)16-8-11/h2-5,7-8H,14H2,1H3,(H,15,16,17). The van der Waals surface area contributed by atoms with Crippen molar-refractivity contribution in [2.45, 2.75) is 4.90 Å². The average Bonchev–Trinajstić information content (AvgIpc) is 2.54. The summed E-state index contributed by atoms with van der Waals surface area (Å²) < 4.78 is 25.9. The Bertz CT molecular complexity index is 782. The molecule has 0 radical (unpaired) electrons. The van der Waals surface area contributed by atoms with Crippen LogP contribution in [0.3, 0.4) is 0 Å². The minimum Gasteiger partial charge on any atom is -0.292 e. The van der Waals surface area contributed by atoms with E-state index in [9.17, 15) is 8.42 Å². The van der Waals surface area contributed by atoms with E-state index in [1.165, 1.54) is 13.1 Å². The normalized spacial score (nSPS) is 10.7. The van der Waals surface area contributed by atoms with Gasteiger partial charge in [0.25, 0.3) is 10.0 Å². The lowest BCUT2D eigenvalue weighted by molar-refractivity contribution is 0.593. The Hall–Kier alpha value is -2.70. The molecule has 0 fully saturated rings. The van der Waals surface area contributed by atoms with Crippen LogP contribution in [0.1, 0.15) is 5.56 Å². The van der Waals surface area contributed by atoms with Gasteiger partial charge >= 0.3 is 0 Å². The minimum absolute atomic E-state index is 0.0774. The SMILES string of the molecule is CN(c1cccc(C#N)c1)S(=O)(=O)c1cnc(NN)nc1. The molecule has 0 saturated heterocycles. The first kappa shape index (κ1) is 14.7. The van der Waals surface area contributed by atoms with Gasteiger partial charge in [-0.3, -0.25) is 9.73 Å². The van der Waals surface area contributed by atoms with Crippen LogP contribution in [0.5, 0.6) is 0 Å². The predicted molar refractivity (Wildman–Crippen MR) is 76.6 cm³/mol. The first-order valence-corrected chi connectivity index (χ1v) is 7.21. The first-order chi connectivity index (χ1) is 9.98. The molecule has 0 aliphatic rings. The number of rotatable bonds is 4. The number of nitrogens with one attached hydrogen (secondary N) is 1. The van der Waals surface area contributed by atoms with E-state index in [1.807, 2.05) is 6.07 Å². The zero-order chi connectivity index (χ0) is 15.5. The van der Waals surface area contributed by atoms with E-state index < -0.39 is 10.0 Å². The van der Waals surface area contributed by atoms with Crippen LogP contribution in [0.2, 0.25) is 0 Å². The first-order valence-electron chi connectivity index (χ1n) is 5.77. The van der Waals surface area contributed by atoms with Crippen molar-refractivity contribution in [2.24, 2.45) is 5.84 Å². The molecule has 0 unspecified atom stereocenters. The summed E-state index contributed by atoms with van der Waals surface area (Å²) in [6, 6.07) is 8.23. The largest absolute Gasteiger partial charge is 0.292 e. The second-order valence-electron chi connectivity index (χ2n) is 4.02. The van der Waals surface area contributed by atoms with E-state index in [1.54, 1.807) is 18.2 Å². The number of hydrogen-bond donors (Lipinski definition) is 2. The molecule has 0 spiro atoms. The topological polar surface area (TPSA) is 125 Å². The van der Waals surface area contributed by atoms with Gasteiger partial charge in [-0.05, 0) is 18.2 Å². The molecule has 0 aliphatic heterocycles. The van der Waals surface area contributed by atoms with Crippen LogP contribution in [0, 0.1) is 11.3 Å². The number of nitrogen functional groups attached to an aromatic ring is 1. The third kappa shape index (κ3) is 2.91. The number of nitrogens with two attached hydrogens (primary N) is 1. The summed E-state index contributed by atoms with van der Waals surface area (Å²) >= 11 is 0. The summed E-state index contributed by atoms with van der Waals surface area (Å²) in [5.74, 6) is 5.24. The molecule has 0 atom stereocenters. The van der Waals surface area contributed by atoms with Crippen molar-refractivity contribution in [3.8, 4) is 6.07 Å². The molecule has 1 aromatic heterocycles. The van der Waals surface area contributed by atoms with Crippen LogP contribution in [0.4, 0.5) is 11.6 Å². The third-order valence-electron chi connectivity index (χ3n) is 2.75. The van der Waals surface area contributed by atoms with Gasteiger partial charge < -0.3 is 0 Å². The Morgan fingerprint density at radius 3 is 2.57 bits per heavy atom. The average molecular weight is 304 g/mol. The number of anilines is 2. The van der Waals surface area contributed by atoms with Crippen LogP contribution in [-0.2, 0) is 10.0 Å².